The second-order valence-corrected chi connectivity index (χ2v) is 8.30. The van der Waals surface area contributed by atoms with Crippen molar-refractivity contribution in [2.45, 2.75) is 25.0 Å². The lowest BCUT2D eigenvalue weighted by Gasteiger charge is -2.19. The Labute approximate surface area is 129 Å². The van der Waals surface area contributed by atoms with Crippen molar-refractivity contribution in [3.05, 3.63) is 35.4 Å². The fraction of sp³-hybridized carbons (Fsp3) is 0.533. The van der Waals surface area contributed by atoms with Gasteiger partial charge in [-0.3, -0.25) is 0 Å². The lowest BCUT2D eigenvalue weighted by molar-refractivity contribution is 0.142. The summed E-state index contributed by atoms with van der Waals surface area (Å²) in [4.78, 5) is 12.0. The van der Waals surface area contributed by atoms with E-state index in [4.69, 9.17) is 0 Å². The molecule has 0 unspecified atom stereocenters. The summed E-state index contributed by atoms with van der Waals surface area (Å²) >= 11 is 0. The molecule has 3 N–H and O–H groups in total. The number of aliphatic hydroxyl groups is 1. The van der Waals surface area contributed by atoms with Crippen LogP contribution in [0.2, 0.25) is 0 Å². The molecule has 0 saturated carbocycles. The van der Waals surface area contributed by atoms with E-state index < -0.39 is 22.0 Å². The van der Waals surface area contributed by atoms with Crippen LogP contribution in [0.15, 0.2) is 24.3 Å². The van der Waals surface area contributed by atoms with Gasteiger partial charge in [0.1, 0.15) is 0 Å². The summed E-state index contributed by atoms with van der Waals surface area (Å²) in [6.45, 7) is 0.343. The number of carbonyl (C=O) groups is 1. The number of benzene rings is 1. The smallest absolute Gasteiger partial charge is 0.315 e. The number of nitrogens with one attached hydrogen (secondary N) is 2. The standard InChI is InChI=1S/C15H20N2O4S/c18-13-7-11-3-1-2-4-12(11)14(13)17-15(19)16-8-10-5-6-22(20,21)9-10/h1-4,10,13-14,18H,5-9H2,(H2,16,17,19)/t10-,13-,14+/m0/s1. The number of rotatable bonds is 3. The van der Waals surface area contributed by atoms with E-state index in [-0.39, 0.29) is 23.5 Å². The van der Waals surface area contributed by atoms with Crippen molar-refractivity contribution in [2.24, 2.45) is 5.92 Å². The van der Waals surface area contributed by atoms with E-state index in [9.17, 15) is 18.3 Å². The first kappa shape index (κ1) is 15.3. The molecule has 6 nitrogen and oxygen atoms in total. The van der Waals surface area contributed by atoms with Crippen LogP contribution in [-0.2, 0) is 16.3 Å². The van der Waals surface area contributed by atoms with Gasteiger partial charge in [0.25, 0.3) is 0 Å². The molecule has 1 aromatic rings. The van der Waals surface area contributed by atoms with Crippen molar-refractivity contribution in [1.29, 1.82) is 0 Å². The summed E-state index contributed by atoms with van der Waals surface area (Å²) in [5.74, 6) is 0.328. The van der Waals surface area contributed by atoms with Gasteiger partial charge in [0.2, 0.25) is 0 Å². The maximum Gasteiger partial charge on any atom is 0.315 e. The van der Waals surface area contributed by atoms with Crippen LogP contribution in [-0.4, -0.2) is 43.7 Å². The van der Waals surface area contributed by atoms with Gasteiger partial charge in [-0.15, -0.1) is 0 Å². The number of urea groups is 1. The summed E-state index contributed by atoms with van der Waals surface area (Å²) in [7, 11) is -2.93. The lowest BCUT2D eigenvalue weighted by Crippen LogP contribution is -2.42. The first-order chi connectivity index (χ1) is 10.4. The van der Waals surface area contributed by atoms with Gasteiger partial charge in [-0.05, 0) is 23.5 Å². The molecule has 0 spiro atoms. The summed E-state index contributed by atoms with van der Waals surface area (Å²) in [6, 6.07) is 6.86. The van der Waals surface area contributed by atoms with Crippen LogP contribution in [0.4, 0.5) is 4.79 Å². The molecule has 1 heterocycles. The van der Waals surface area contributed by atoms with E-state index in [0.717, 1.165) is 11.1 Å². The average molecular weight is 324 g/mol. The largest absolute Gasteiger partial charge is 0.390 e. The Morgan fingerprint density at radius 3 is 2.82 bits per heavy atom. The quantitative estimate of drug-likeness (QED) is 0.749. The maximum absolute atomic E-state index is 12.0. The number of hydrogen-bond donors (Lipinski definition) is 3. The highest BCUT2D eigenvalue weighted by molar-refractivity contribution is 7.91. The molecule has 1 aliphatic heterocycles. The zero-order valence-corrected chi connectivity index (χ0v) is 13.0. The van der Waals surface area contributed by atoms with Gasteiger partial charge >= 0.3 is 6.03 Å². The van der Waals surface area contributed by atoms with Crippen LogP contribution in [0.25, 0.3) is 0 Å². The molecule has 0 bridgehead atoms. The van der Waals surface area contributed by atoms with Crippen LogP contribution in [0.5, 0.6) is 0 Å². The third-order valence-corrected chi connectivity index (χ3v) is 6.21. The summed E-state index contributed by atoms with van der Waals surface area (Å²) in [5.41, 5.74) is 1.98. The van der Waals surface area contributed by atoms with E-state index in [1.807, 2.05) is 24.3 Å². The number of sulfone groups is 1. The molecule has 0 aromatic heterocycles. The lowest BCUT2D eigenvalue weighted by atomic mass is 10.1. The minimum atomic E-state index is -2.93. The Balaban J connectivity index is 1.54. The van der Waals surface area contributed by atoms with Crippen molar-refractivity contribution in [1.82, 2.24) is 10.6 Å². The molecule has 1 saturated heterocycles. The van der Waals surface area contributed by atoms with E-state index in [1.165, 1.54) is 0 Å². The van der Waals surface area contributed by atoms with Crippen molar-refractivity contribution in [3.63, 3.8) is 0 Å². The Hall–Kier alpha value is -1.60. The number of carbonyl (C=O) groups excluding carboxylic acids is 1. The maximum atomic E-state index is 12.0. The van der Waals surface area contributed by atoms with Crippen molar-refractivity contribution < 1.29 is 18.3 Å². The third kappa shape index (κ3) is 3.25. The van der Waals surface area contributed by atoms with E-state index >= 15 is 0 Å². The number of amides is 2. The SMILES string of the molecule is O=C(NC[C@@H]1CCS(=O)(=O)C1)N[C@@H]1c2ccccc2C[C@@H]1O. The highest BCUT2D eigenvalue weighted by Gasteiger charge is 2.32. The fourth-order valence-corrected chi connectivity index (χ4v) is 5.07. The molecule has 7 heteroatoms. The summed E-state index contributed by atoms with van der Waals surface area (Å²) < 4.78 is 22.8. The zero-order valence-electron chi connectivity index (χ0n) is 12.2. The molecule has 3 atom stereocenters. The molecule has 120 valence electrons. The summed E-state index contributed by atoms with van der Waals surface area (Å²) in [5, 5.41) is 15.6. The molecule has 22 heavy (non-hydrogen) atoms. The molecule has 2 aliphatic rings. The Kier molecular flexibility index (Phi) is 4.10. The molecule has 1 aliphatic carbocycles. The van der Waals surface area contributed by atoms with Crippen molar-refractivity contribution in [2.75, 3.05) is 18.1 Å². The molecule has 1 fully saturated rings. The highest BCUT2D eigenvalue weighted by Crippen LogP contribution is 2.31. The number of aliphatic hydroxyl groups excluding tert-OH is 1. The van der Waals surface area contributed by atoms with Gasteiger partial charge in [-0.25, -0.2) is 13.2 Å². The highest BCUT2D eigenvalue weighted by atomic mass is 32.2. The number of hydrogen-bond acceptors (Lipinski definition) is 4. The van der Waals surface area contributed by atoms with E-state index in [2.05, 4.69) is 10.6 Å². The monoisotopic (exact) mass is 324 g/mol. The van der Waals surface area contributed by atoms with Gasteiger partial charge in [-0.1, -0.05) is 24.3 Å². The van der Waals surface area contributed by atoms with Crippen LogP contribution >= 0.6 is 0 Å². The van der Waals surface area contributed by atoms with Crippen LogP contribution in [0.1, 0.15) is 23.6 Å². The Morgan fingerprint density at radius 2 is 2.09 bits per heavy atom. The Morgan fingerprint density at radius 1 is 1.32 bits per heavy atom. The minimum Gasteiger partial charge on any atom is -0.390 e. The fourth-order valence-electron chi connectivity index (χ4n) is 3.21. The third-order valence-electron chi connectivity index (χ3n) is 4.37. The normalized spacial score (nSPS) is 29.0. The van der Waals surface area contributed by atoms with E-state index in [1.54, 1.807) is 0 Å². The first-order valence-electron chi connectivity index (χ1n) is 7.45. The van der Waals surface area contributed by atoms with Gasteiger partial charge in [-0.2, -0.15) is 0 Å². The predicted molar refractivity (Wildman–Crippen MR) is 82.2 cm³/mol. The molecule has 3 rings (SSSR count). The van der Waals surface area contributed by atoms with Crippen LogP contribution in [0.3, 0.4) is 0 Å². The second-order valence-electron chi connectivity index (χ2n) is 6.07. The molecule has 2 amide bonds. The van der Waals surface area contributed by atoms with Gasteiger partial charge in [0.15, 0.2) is 9.84 Å². The van der Waals surface area contributed by atoms with Crippen molar-refractivity contribution >= 4 is 15.9 Å². The molecule has 1 aromatic carbocycles. The Bertz CT molecular complexity index is 674. The molecule has 0 radical (unpaired) electrons. The molecular formula is C15H20N2O4S. The topological polar surface area (TPSA) is 95.5 Å². The average Bonchev–Trinajstić information content (AvgIpc) is 2.97. The van der Waals surface area contributed by atoms with E-state index in [0.29, 0.717) is 19.4 Å². The van der Waals surface area contributed by atoms with Gasteiger partial charge in [0.05, 0.1) is 23.7 Å². The van der Waals surface area contributed by atoms with Gasteiger partial charge < -0.3 is 15.7 Å². The summed E-state index contributed by atoms with van der Waals surface area (Å²) in [6.07, 6.45) is 0.495. The van der Waals surface area contributed by atoms with Crippen LogP contribution in [0, 0.1) is 5.92 Å². The molecular weight excluding hydrogens is 304 g/mol. The first-order valence-corrected chi connectivity index (χ1v) is 9.27. The number of fused-ring (bicyclic) bond motifs is 1. The van der Waals surface area contributed by atoms with Gasteiger partial charge in [0, 0.05) is 13.0 Å². The van der Waals surface area contributed by atoms with Crippen molar-refractivity contribution in [3.8, 4) is 0 Å². The zero-order chi connectivity index (χ0) is 15.7. The predicted octanol–water partition coefficient (Wildman–Crippen LogP) is 0.379. The second kappa shape index (κ2) is 5.89. The van der Waals surface area contributed by atoms with Crippen LogP contribution < -0.4 is 10.6 Å². The minimum absolute atomic E-state index is 0.0171.